The number of benzene rings is 4. The van der Waals surface area contributed by atoms with E-state index in [1.54, 1.807) is 65.8 Å². The SMILES string of the molecule is Cc1ccc2c(c1)c(N)c(C(=O)OC(C)(C)C)n2C(=O)OCc1ccccc1.Cc1ccc2c(c1)c(N=C=O)c(C(=O)OC(C)(C)C)n2C(=O)OCc1ccccc1. The normalized spacial score (nSPS) is 11.2. The molecule has 0 saturated carbocycles. The van der Waals surface area contributed by atoms with Crippen LogP contribution in [0.2, 0.25) is 0 Å². The van der Waals surface area contributed by atoms with Crippen LogP contribution in [-0.2, 0) is 37.0 Å². The van der Waals surface area contributed by atoms with Gasteiger partial charge in [0.25, 0.3) is 0 Å². The fourth-order valence-electron chi connectivity index (χ4n) is 5.97. The van der Waals surface area contributed by atoms with E-state index >= 15 is 0 Å². The lowest BCUT2D eigenvalue weighted by atomic mass is 10.1. The first-order chi connectivity index (χ1) is 27.4. The van der Waals surface area contributed by atoms with Crippen molar-refractivity contribution in [2.24, 2.45) is 4.99 Å². The van der Waals surface area contributed by atoms with E-state index in [1.165, 1.54) is 10.6 Å². The Morgan fingerprint density at radius 2 is 1.03 bits per heavy atom. The highest BCUT2D eigenvalue weighted by molar-refractivity contribution is 6.11. The maximum Gasteiger partial charge on any atom is 0.419 e. The fraction of sp³-hybridized carbons (Fsp3) is 0.267. The number of hydrogen-bond donors (Lipinski definition) is 1. The maximum atomic E-state index is 13.0. The van der Waals surface area contributed by atoms with Crippen LogP contribution in [0, 0.1) is 13.8 Å². The van der Waals surface area contributed by atoms with Crippen molar-refractivity contribution in [1.82, 2.24) is 9.13 Å². The number of ether oxygens (including phenoxy) is 4. The van der Waals surface area contributed by atoms with Crippen LogP contribution in [0.5, 0.6) is 0 Å². The van der Waals surface area contributed by atoms with E-state index in [4.69, 9.17) is 24.7 Å². The van der Waals surface area contributed by atoms with Gasteiger partial charge in [-0.3, -0.25) is 0 Å². The lowest BCUT2D eigenvalue weighted by Gasteiger charge is -2.20. The van der Waals surface area contributed by atoms with Gasteiger partial charge < -0.3 is 24.7 Å². The molecule has 300 valence electrons. The summed E-state index contributed by atoms with van der Waals surface area (Å²) < 4.78 is 24.1. The van der Waals surface area contributed by atoms with Gasteiger partial charge in [-0.1, -0.05) is 83.9 Å². The molecule has 13 heteroatoms. The number of aliphatic imine (C=N–C) groups is 1. The van der Waals surface area contributed by atoms with Crippen LogP contribution in [0.4, 0.5) is 21.0 Å². The first kappa shape index (κ1) is 42.2. The second-order valence-electron chi connectivity index (χ2n) is 15.5. The number of aromatic nitrogens is 2. The lowest BCUT2D eigenvalue weighted by molar-refractivity contribution is 0.00471. The number of anilines is 1. The number of esters is 2. The topological polar surface area (TPSA) is 171 Å². The molecular weight excluding hydrogens is 741 g/mol. The minimum atomic E-state index is -0.815. The fourth-order valence-corrected chi connectivity index (χ4v) is 5.97. The maximum absolute atomic E-state index is 13.0. The Balaban J connectivity index is 0.000000221. The minimum Gasteiger partial charge on any atom is -0.455 e. The molecule has 0 radical (unpaired) electrons. The van der Waals surface area contributed by atoms with E-state index in [1.807, 2.05) is 86.6 Å². The van der Waals surface area contributed by atoms with Crippen LogP contribution < -0.4 is 5.73 Å². The van der Waals surface area contributed by atoms with Gasteiger partial charge in [-0.25, -0.2) is 33.1 Å². The average molecular weight is 787 g/mol. The molecule has 0 aliphatic carbocycles. The quantitative estimate of drug-likeness (QED) is 0.0711. The van der Waals surface area contributed by atoms with Crippen molar-refractivity contribution in [2.75, 3.05) is 5.73 Å². The molecule has 2 heterocycles. The summed E-state index contributed by atoms with van der Waals surface area (Å²) in [6.07, 6.45) is 0.00372. The zero-order chi connectivity index (χ0) is 42.4. The highest BCUT2D eigenvalue weighted by atomic mass is 16.6. The molecule has 0 bridgehead atoms. The van der Waals surface area contributed by atoms with Crippen molar-refractivity contribution in [3.05, 3.63) is 131 Å². The summed E-state index contributed by atoms with van der Waals surface area (Å²) in [6, 6.07) is 29.1. The van der Waals surface area contributed by atoms with Crippen LogP contribution in [0.25, 0.3) is 21.8 Å². The predicted octanol–water partition coefficient (Wildman–Crippen LogP) is 9.73. The monoisotopic (exact) mass is 786 g/mol. The van der Waals surface area contributed by atoms with E-state index in [9.17, 15) is 24.0 Å². The molecule has 0 amide bonds. The van der Waals surface area contributed by atoms with Crippen molar-refractivity contribution in [3.8, 4) is 0 Å². The Kier molecular flexibility index (Phi) is 12.7. The molecule has 2 aromatic heterocycles. The van der Waals surface area contributed by atoms with Crippen LogP contribution in [0.1, 0.15) is 84.8 Å². The Labute approximate surface area is 336 Å². The molecule has 0 saturated heterocycles. The highest BCUT2D eigenvalue weighted by Gasteiger charge is 2.32. The van der Waals surface area contributed by atoms with E-state index in [-0.39, 0.29) is 36.0 Å². The van der Waals surface area contributed by atoms with Gasteiger partial charge in [-0.05, 0) is 90.8 Å². The summed E-state index contributed by atoms with van der Waals surface area (Å²) in [4.78, 5) is 66.5. The second-order valence-corrected chi connectivity index (χ2v) is 15.5. The van der Waals surface area contributed by atoms with Crippen molar-refractivity contribution >= 4 is 63.4 Å². The number of carbonyl (C=O) groups is 4. The van der Waals surface area contributed by atoms with E-state index in [0.29, 0.717) is 21.8 Å². The van der Waals surface area contributed by atoms with Gasteiger partial charge in [-0.15, -0.1) is 0 Å². The number of nitrogen functional groups attached to an aromatic ring is 1. The number of carbonyl (C=O) groups excluding carboxylic acids is 5. The summed E-state index contributed by atoms with van der Waals surface area (Å²) in [5.74, 6) is -1.46. The highest BCUT2D eigenvalue weighted by Crippen LogP contribution is 2.36. The van der Waals surface area contributed by atoms with Gasteiger partial charge >= 0.3 is 24.1 Å². The molecule has 6 aromatic rings. The van der Waals surface area contributed by atoms with Crippen LogP contribution in [0.15, 0.2) is 102 Å². The number of nitrogens with two attached hydrogens (primary N) is 1. The number of hydrogen-bond acceptors (Lipinski definition) is 11. The third-order valence-corrected chi connectivity index (χ3v) is 8.38. The zero-order valence-electron chi connectivity index (χ0n) is 33.7. The van der Waals surface area contributed by atoms with Crippen molar-refractivity contribution < 1.29 is 42.9 Å². The first-order valence-corrected chi connectivity index (χ1v) is 18.4. The largest absolute Gasteiger partial charge is 0.455 e. The van der Waals surface area contributed by atoms with Crippen molar-refractivity contribution in [1.29, 1.82) is 0 Å². The summed E-state index contributed by atoms with van der Waals surface area (Å²) in [7, 11) is 0. The smallest absolute Gasteiger partial charge is 0.419 e. The van der Waals surface area contributed by atoms with E-state index in [2.05, 4.69) is 4.99 Å². The third kappa shape index (κ3) is 10.1. The molecule has 0 spiro atoms. The molecule has 2 N–H and O–H groups in total. The van der Waals surface area contributed by atoms with E-state index in [0.717, 1.165) is 26.8 Å². The van der Waals surface area contributed by atoms with Crippen molar-refractivity contribution in [3.63, 3.8) is 0 Å². The molecule has 0 aliphatic rings. The van der Waals surface area contributed by atoms with Crippen LogP contribution in [0.3, 0.4) is 0 Å². The lowest BCUT2D eigenvalue weighted by Crippen LogP contribution is -2.28. The Morgan fingerprint density at radius 3 is 1.48 bits per heavy atom. The Bertz CT molecular complexity index is 2530. The van der Waals surface area contributed by atoms with Gasteiger partial charge in [0.15, 0.2) is 11.4 Å². The predicted molar refractivity (Wildman–Crippen MR) is 220 cm³/mol. The first-order valence-electron chi connectivity index (χ1n) is 18.4. The standard InChI is InChI=1S/C23H22N2O5.C22H24N2O4/c1-15-10-11-18-17(12-15)19(24-14-26)20(21(27)30-23(2,3)4)25(18)22(28)29-13-16-8-6-5-7-9-16;1-14-10-11-17-16(12-14)18(23)19(20(25)28-22(2,3)4)24(17)21(26)27-13-15-8-6-5-7-9-15/h5-12H,13H2,1-4H3;5-12H,13,23H2,1-4H3. The molecule has 58 heavy (non-hydrogen) atoms. The Hall–Kier alpha value is -6.98. The van der Waals surface area contributed by atoms with Gasteiger partial charge in [0.1, 0.15) is 30.1 Å². The molecule has 13 nitrogen and oxygen atoms in total. The Morgan fingerprint density at radius 1 is 0.621 bits per heavy atom. The molecule has 0 fully saturated rings. The van der Waals surface area contributed by atoms with Gasteiger partial charge in [0.05, 0.1) is 16.7 Å². The minimum absolute atomic E-state index is 0.0191. The summed E-state index contributed by atoms with van der Waals surface area (Å²) in [5, 5.41) is 1.06. The van der Waals surface area contributed by atoms with E-state index < -0.39 is 35.3 Å². The number of nitrogens with zero attached hydrogens (tertiary/aromatic N) is 3. The van der Waals surface area contributed by atoms with Crippen LogP contribution in [-0.4, -0.2) is 50.5 Å². The van der Waals surface area contributed by atoms with Crippen LogP contribution >= 0.6 is 0 Å². The number of fused-ring (bicyclic) bond motifs is 2. The van der Waals surface area contributed by atoms with Crippen molar-refractivity contribution in [2.45, 2.75) is 79.8 Å². The molecule has 0 unspecified atom stereocenters. The number of rotatable bonds is 7. The molecule has 0 aliphatic heterocycles. The number of aryl methyl sites for hydroxylation is 2. The molecule has 6 rings (SSSR count). The second kappa shape index (κ2) is 17.4. The summed E-state index contributed by atoms with van der Waals surface area (Å²) in [5.41, 5.74) is 9.08. The van der Waals surface area contributed by atoms with Gasteiger partial charge in [0.2, 0.25) is 6.08 Å². The number of isocyanates is 1. The van der Waals surface area contributed by atoms with Gasteiger partial charge in [0, 0.05) is 10.8 Å². The third-order valence-electron chi connectivity index (χ3n) is 8.38. The zero-order valence-corrected chi connectivity index (χ0v) is 33.7. The average Bonchev–Trinajstić information content (AvgIpc) is 3.63. The summed E-state index contributed by atoms with van der Waals surface area (Å²) in [6.45, 7) is 14.3. The molecule has 4 aromatic carbocycles. The molecule has 0 atom stereocenters. The summed E-state index contributed by atoms with van der Waals surface area (Å²) >= 11 is 0. The van der Waals surface area contributed by atoms with Gasteiger partial charge in [-0.2, -0.15) is 4.99 Å². The molecular formula is C45H46N4O9.